The zero-order chi connectivity index (χ0) is 13.2. The molecule has 1 amide bonds. The fourth-order valence-electron chi connectivity index (χ4n) is 1.36. The zero-order valence-electron chi connectivity index (χ0n) is 9.87. The normalized spacial score (nSPS) is 13.2. The number of aromatic nitrogens is 1. The zero-order valence-corrected chi connectivity index (χ0v) is 11.5. The van der Waals surface area contributed by atoms with Crippen molar-refractivity contribution < 1.29 is 14.7 Å². The van der Waals surface area contributed by atoms with E-state index in [0.717, 1.165) is 4.47 Å². The Morgan fingerprint density at radius 3 is 2.41 bits per heavy atom. The van der Waals surface area contributed by atoms with Gasteiger partial charge >= 0.3 is 5.97 Å². The average Bonchev–Trinajstić information content (AvgIpc) is 2.58. The Labute approximate surface area is 108 Å². The molecule has 3 N–H and O–H groups in total. The molecule has 1 heterocycles. The maximum Gasteiger partial charge on any atom is 0.326 e. The quantitative estimate of drug-likeness (QED) is 0.799. The van der Waals surface area contributed by atoms with Gasteiger partial charge < -0.3 is 15.4 Å². The van der Waals surface area contributed by atoms with Gasteiger partial charge in [0.05, 0.1) is 0 Å². The van der Waals surface area contributed by atoms with E-state index in [1.807, 2.05) is 0 Å². The van der Waals surface area contributed by atoms with Crippen LogP contribution in [-0.2, 0) is 4.79 Å². The number of carbonyl (C=O) groups excluding carboxylic acids is 1. The lowest BCUT2D eigenvalue weighted by molar-refractivity contribution is -0.142. The Morgan fingerprint density at radius 2 is 2.06 bits per heavy atom. The molecule has 0 saturated heterocycles. The molecule has 5 nitrogen and oxygen atoms in total. The lowest BCUT2D eigenvalue weighted by Gasteiger charge is -2.27. The maximum absolute atomic E-state index is 11.8. The van der Waals surface area contributed by atoms with Gasteiger partial charge in [0, 0.05) is 10.7 Å². The van der Waals surface area contributed by atoms with Crippen LogP contribution < -0.4 is 5.32 Å². The summed E-state index contributed by atoms with van der Waals surface area (Å²) in [4.78, 5) is 25.6. The number of nitrogens with one attached hydrogen (secondary N) is 2. The molecule has 0 saturated carbocycles. The molecule has 94 valence electrons. The minimum absolute atomic E-state index is 0.326. The van der Waals surface area contributed by atoms with Crippen LogP contribution in [0, 0.1) is 5.41 Å². The van der Waals surface area contributed by atoms with Crippen molar-refractivity contribution in [3.63, 3.8) is 0 Å². The third-order valence-corrected chi connectivity index (χ3v) is 2.74. The van der Waals surface area contributed by atoms with E-state index in [4.69, 9.17) is 5.11 Å². The first-order valence-corrected chi connectivity index (χ1v) is 5.88. The van der Waals surface area contributed by atoms with Gasteiger partial charge in [-0.2, -0.15) is 0 Å². The van der Waals surface area contributed by atoms with Crippen molar-refractivity contribution in [2.75, 3.05) is 0 Å². The number of amides is 1. The second kappa shape index (κ2) is 4.91. The highest BCUT2D eigenvalue weighted by Crippen LogP contribution is 2.20. The number of carboxylic acid groups (broad SMARTS) is 1. The molecule has 1 rings (SSSR count). The standard InChI is InChI=1S/C11H15BrN2O3/c1-11(2,3)8(10(16)17)14-9(15)7-4-6(12)5-13-7/h4-5,8,13H,1-3H3,(H,14,15)(H,16,17)/t8-/m1/s1. The highest BCUT2D eigenvalue weighted by atomic mass is 79.9. The third kappa shape index (κ3) is 3.59. The van der Waals surface area contributed by atoms with Crippen LogP contribution in [0.5, 0.6) is 0 Å². The van der Waals surface area contributed by atoms with Crippen LogP contribution in [0.2, 0.25) is 0 Å². The number of hydrogen-bond donors (Lipinski definition) is 3. The number of rotatable bonds is 3. The van der Waals surface area contributed by atoms with Crippen molar-refractivity contribution in [1.29, 1.82) is 0 Å². The Morgan fingerprint density at radius 1 is 1.47 bits per heavy atom. The predicted molar refractivity (Wildman–Crippen MR) is 66.8 cm³/mol. The molecule has 0 aliphatic heterocycles. The summed E-state index contributed by atoms with van der Waals surface area (Å²) in [6.45, 7) is 5.28. The molecule has 0 bridgehead atoms. The highest BCUT2D eigenvalue weighted by Gasteiger charge is 2.32. The smallest absolute Gasteiger partial charge is 0.326 e. The van der Waals surface area contributed by atoms with Crippen molar-refractivity contribution >= 4 is 27.8 Å². The summed E-state index contributed by atoms with van der Waals surface area (Å²) < 4.78 is 0.741. The Balaban J connectivity index is 2.82. The van der Waals surface area contributed by atoms with Crippen molar-refractivity contribution in [2.45, 2.75) is 26.8 Å². The Bertz CT molecular complexity index is 434. The largest absolute Gasteiger partial charge is 0.480 e. The van der Waals surface area contributed by atoms with Gasteiger partial charge in [-0.3, -0.25) is 4.79 Å². The summed E-state index contributed by atoms with van der Waals surface area (Å²) in [5, 5.41) is 11.6. The SMILES string of the molecule is CC(C)(C)[C@H](NC(=O)c1cc(Br)c[nH]1)C(=O)O. The lowest BCUT2D eigenvalue weighted by Crippen LogP contribution is -2.49. The Hall–Kier alpha value is -1.30. The molecule has 6 heteroatoms. The minimum atomic E-state index is -1.04. The summed E-state index contributed by atoms with van der Waals surface area (Å²) >= 11 is 3.21. The number of hydrogen-bond acceptors (Lipinski definition) is 2. The molecular formula is C11H15BrN2O3. The maximum atomic E-state index is 11.8. The molecule has 0 fully saturated rings. The van der Waals surface area contributed by atoms with Crippen LogP contribution in [0.1, 0.15) is 31.3 Å². The van der Waals surface area contributed by atoms with Gasteiger partial charge in [-0.15, -0.1) is 0 Å². The highest BCUT2D eigenvalue weighted by molar-refractivity contribution is 9.10. The van der Waals surface area contributed by atoms with Crippen LogP contribution in [-0.4, -0.2) is 28.0 Å². The molecule has 1 atom stereocenters. The van der Waals surface area contributed by atoms with Gasteiger partial charge in [0.1, 0.15) is 11.7 Å². The number of aliphatic carboxylic acids is 1. The topological polar surface area (TPSA) is 82.2 Å². The molecule has 0 radical (unpaired) electrons. The monoisotopic (exact) mass is 302 g/mol. The fourth-order valence-corrected chi connectivity index (χ4v) is 1.70. The second-order valence-corrected chi connectivity index (χ2v) is 5.76. The van der Waals surface area contributed by atoms with E-state index in [-0.39, 0.29) is 0 Å². The van der Waals surface area contributed by atoms with Gasteiger partial charge in [-0.1, -0.05) is 20.8 Å². The first kappa shape index (κ1) is 13.8. The van der Waals surface area contributed by atoms with E-state index in [9.17, 15) is 9.59 Å². The van der Waals surface area contributed by atoms with E-state index in [0.29, 0.717) is 5.69 Å². The number of carbonyl (C=O) groups is 2. The first-order chi connectivity index (χ1) is 7.71. The fraction of sp³-hybridized carbons (Fsp3) is 0.455. The summed E-state index contributed by atoms with van der Waals surface area (Å²) in [5.74, 6) is -1.48. The molecule has 17 heavy (non-hydrogen) atoms. The third-order valence-electron chi connectivity index (χ3n) is 2.28. The van der Waals surface area contributed by atoms with Crippen LogP contribution in [0.15, 0.2) is 16.7 Å². The molecule has 1 aromatic heterocycles. The summed E-state index contributed by atoms with van der Waals surface area (Å²) in [6, 6.07) is 0.661. The average molecular weight is 303 g/mol. The molecule has 0 aliphatic carbocycles. The summed E-state index contributed by atoms with van der Waals surface area (Å²) in [6.07, 6.45) is 1.61. The van der Waals surface area contributed by atoms with Crippen molar-refractivity contribution in [2.24, 2.45) is 5.41 Å². The van der Waals surface area contributed by atoms with Crippen LogP contribution in [0.4, 0.5) is 0 Å². The van der Waals surface area contributed by atoms with Crippen molar-refractivity contribution in [1.82, 2.24) is 10.3 Å². The van der Waals surface area contributed by atoms with Crippen LogP contribution in [0.25, 0.3) is 0 Å². The molecule has 0 aromatic carbocycles. The van der Waals surface area contributed by atoms with Gasteiger partial charge in [-0.05, 0) is 27.4 Å². The van der Waals surface area contributed by atoms with E-state index in [1.165, 1.54) is 0 Å². The van der Waals surface area contributed by atoms with E-state index in [1.54, 1.807) is 33.0 Å². The minimum Gasteiger partial charge on any atom is -0.480 e. The predicted octanol–water partition coefficient (Wildman–Crippen LogP) is 2.01. The number of halogens is 1. The van der Waals surface area contributed by atoms with Gasteiger partial charge in [0.15, 0.2) is 0 Å². The van der Waals surface area contributed by atoms with Crippen molar-refractivity contribution in [3.05, 3.63) is 22.4 Å². The number of aromatic amines is 1. The van der Waals surface area contributed by atoms with E-state index < -0.39 is 23.3 Å². The van der Waals surface area contributed by atoms with Crippen LogP contribution in [0.3, 0.4) is 0 Å². The molecule has 1 aromatic rings. The van der Waals surface area contributed by atoms with Crippen molar-refractivity contribution in [3.8, 4) is 0 Å². The molecule has 0 spiro atoms. The van der Waals surface area contributed by atoms with Crippen LogP contribution >= 0.6 is 15.9 Å². The van der Waals surface area contributed by atoms with E-state index >= 15 is 0 Å². The Kier molecular flexibility index (Phi) is 3.98. The molecule has 0 aliphatic rings. The second-order valence-electron chi connectivity index (χ2n) is 4.84. The summed E-state index contributed by atoms with van der Waals surface area (Å²) in [7, 11) is 0. The summed E-state index contributed by atoms with van der Waals surface area (Å²) in [5.41, 5.74) is -0.224. The first-order valence-electron chi connectivity index (χ1n) is 5.09. The van der Waals surface area contributed by atoms with Gasteiger partial charge in [0.2, 0.25) is 0 Å². The number of carboxylic acids is 1. The molecule has 0 unspecified atom stereocenters. The number of H-pyrrole nitrogens is 1. The van der Waals surface area contributed by atoms with Gasteiger partial charge in [0.25, 0.3) is 5.91 Å². The molecular weight excluding hydrogens is 288 g/mol. The van der Waals surface area contributed by atoms with E-state index in [2.05, 4.69) is 26.2 Å². The lowest BCUT2D eigenvalue weighted by atomic mass is 9.86. The van der Waals surface area contributed by atoms with Gasteiger partial charge in [-0.25, -0.2) is 4.79 Å².